The van der Waals surface area contributed by atoms with E-state index in [-0.39, 0.29) is 0 Å². The highest BCUT2D eigenvalue weighted by Gasteiger charge is 2.39. The van der Waals surface area contributed by atoms with E-state index in [0.717, 1.165) is 17.7 Å². The molecule has 5 rings (SSSR count). The first-order valence-electron chi connectivity index (χ1n) is 9.96. The first-order chi connectivity index (χ1) is 14.4. The maximum atomic E-state index is 4.93. The average molecular weight is 374 g/mol. The van der Waals surface area contributed by atoms with Crippen LogP contribution in [-0.2, 0) is 12.0 Å². The Hall–Kier alpha value is -3.65. The van der Waals surface area contributed by atoms with E-state index in [0.29, 0.717) is 0 Å². The number of hydrazone groups is 1. The second-order valence-electron chi connectivity index (χ2n) is 7.42. The maximum absolute atomic E-state index is 4.93. The molecule has 0 aliphatic carbocycles. The predicted molar refractivity (Wildman–Crippen MR) is 119 cm³/mol. The summed E-state index contributed by atoms with van der Waals surface area (Å²) < 4.78 is 0. The number of nitrogens with one attached hydrogen (secondary N) is 1. The fourth-order valence-electron chi connectivity index (χ4n) is 4.23. The van der Waals surface area contributed by atoms with Crippen LogP contribution >= 0.6 is 0 Å². The standard InChI is InChI=1S/C27H22N2/c1-4-12-21(13-5-1)20-27(23-16-8-3-9-17-23)25-19-11-10-18-24(25)26(28-29-27)22-14-6-2-7-15-22/h1-19,29H,20H2. The molecule has 140 valence electrons. The van der Waals surface area contributed by atoms with Crippen molar-refractivity contribution >= 4 is 5.71 Å². The summed E-state index contributed by atoms with van der Waals surface area (Å²) in [5.74, 6) is 0. The monoisotopic (exact) mass is 374 g/mol. The van der Waals surface area contributed by atoms with Gasteiger partial charge in [-0.05, 0) is 16.7 Å². The zero-order valence-corrected chi connectivity index (χ0v) is 16.1. The Bertz CT molecular complexity index is 1130. The topological polar surface area (TPSA) is 24.4 Å². The van der Waals surface area contributed by atoms with Crippen molar-refractivity contribution in [2.45, 2.75) is 12.0 Å². The van der Waals surface area contributed by atoms with Crippen LogP contribution in [0.15, 0.2) is 120 Å². The SMILES string of the molecule is c1ccc(CC2(c3ccccc3)NN=C(c3ccccc3)c3ccccc32)cc1. The van der Waals surface area contributed by atoms with Gasteiger partial charge in [0.05, 0.1) is 5.71 Å². The molecule has 0 fully saturated rings. The molecule has 1 atom stereocenters. The third kappa shape index (κ3) is 3.13. The number of benzene rings is 4. The zero-order valence-electron chi connectivity index (χ0n) is 16.1. The van der Waals surface area contributed by atoms with Gasteiger partial charge in [-0.3, -0.25) is 5.43 Å². The number of rotatable bonds is 4. The largest absolute Gasteiger partial charge is 0.294 e. The lowest BCUT2D eigenvalue weighted by Crippen LogP contribution is -2.47. The van der Waals surface area contributed by atoms with E-state index in [4.69, 9.17) is 5.10 Å². The van der Waals surface area contributed by atoms with Crippen molar-refractivity contribution in [2.75, 3.05) is 0 Å². The Kier molecular flexibility index (Phi) is 4.45. The first-order valence-corrected chi connectivity index (χ1v) is 9.96. The highest BCUT2D eigenvalue weighted by molar-refractivity contribution is 6.14. The van der Waals surface area contributed by atoms with Crippen molar-refractivity contribution in [1.82, 2.24) is 5.43 Å². The van der Waals surface area contributed by atoms with Gasteiger partial charge in [0.25, 0.3) is 0 Å². The molecular formula is C27H22N2. The highest BCUT2D eigenvalue weighted by atomic mass is 15.3. The Morgan fingerprint density at radius 3 is 1.93 bits per heavy atom. The molecule has 1 unspecified atom stereocenters. The Balaban J connectivity index is 1.71. The fraction of sp³-hybridized carbons (Fsp3) is 0.0741. The van der Waals surface area contributed by atoms with Crippen molar-refractivity contribution < 1.29 is 0 Å². The predicted octanol–water partition coefficient (Wildman–Crippen LogP) is 5.53. The van der Waals surface area contributed by atoms with Crippen LogP contribution in [0.5, 0.6) is 0 Å². The first kappa shape index (κ1) is 17.4. The quantitative estimate of drug-likeness (QED) is 0.499. The van der Waals surface area contributed by atoms with Gasteiger partial charge in [0.2, 0.25) is 0 Å². The second-order valence-corrected chi connectivity index (χ2v) is 7.42. The van der Waals surface area contributed by atoms with Gasteiger partial charge in [0.1, 0.15) is 5.54 Å². The summed E-state index contributed by atoms with van der Waals surface area (Å²) in [4.78, 5) is 0. The van der Waals surface area contributed by atoms with Crippen LogP contribution < -0.4 is 5.43 Å². The van der Waals surface area contributed by atoms with Crippen molar-refractivity contribution in [3.8, 4) is 0 Å². The minimum Gasteiger partial charge on any atom is -0.294 e. The summed E-state index contributed by atoms with van der Waals surface area (Å²) in [5, 5.41) is 4.93. The molecule has 29 heavy (non-hydrogen) atoms. The van der Waals surface area contributed by atoms with Crippen molar-refractivity contribution in [3.63, 3.8) is 0 Å². The second kappa shape index (κ2) is 7.40. The van der Waals surface area contributed by atoms with Gasteiger partial charge >= 0.3 is 0 Å². The summed E-state index contributed by atoms with van der Waals surface area (Å²) in [5.41, 5.74) is 10.2. The van der Waals surface area contributed by atoms with Crippen LogP contribution in [-0.4, -0.2) is 5.71 Å². The maximum Gasteiger partial charge on any atom is 0.109 e. The molecule has 2 nitrogen and oxygen atoms in total. The van der Waals surface area contributed by atoms with Gasteiger partial charge < -0.3 is 0 Å². The smallest absolute Gasteiger partial charge is 0.109 e. The lowest BCUT2D eigenvalue weighted by molar-refractivity contribution is 0.402. The summed E-state index contributed by atoms with van der Waals surface area (Å²) in [6.07, 6.45) is 0.820. The van der Waals surface area contributed by atoms with E-state index in [9.17, 15) is 0 Å². The average Bonchev–Trinajstić information content (AvgIpc) is 2.81. The van der Waals surface area contributed by atoms with Crippen LogP contribution in [0.2, 0.25) is 0 Å². The molecule has 0 aromatic heterocycles. The van der Waals surface area contributed by atoms with E-state index < -0.39 is 5.54 Å². The highest BCUT2D eigenvalue weighted by Crippen LogP contribution is 2.38. The van der Waals surface area contributed by atoms with Gasteiger partial charge in [0, 0.05) is 17.5 Å². The van der Waals surface area contributed by atoms with E-state index in [1.807, 2.05) is 6.07 Å². The molecule has 1 aliphatic heterocycles. The van der Waals surface area contributed by atoms with Crippen LogP contribution in [0, 0.1) is 0 Å². The van der Waals surface area contributed by atoms with E-state index in [1.165, 1.54) is 22.3 Å². The lowest BCUT2D eigenvalue weighted by Gasteiger charge is -2.39. The number of fused-ring (bicyclic) bond motifs is 1. The molecule has 1 N–H and O–H groups in total. The fourth-order valence-corrected chi connectivity index (χ4v) is 4.23. The van der Waals surface area contributed by atoms with Crippen molar-refractivity contribution in [3.05, 3.63) is 143 Å². The number of nitrogens with zero attached hydrogens (tertiary/aromatic N) is 1. The van der Waals surface area contributed by atoms with Crippen LogP contribution in [0.25, 0.3) is 0 Å². The van der Waals surface area contributed by atoms with E-state index in [1.54, 1.807) is 0 Å². The normalized spacial score (nSPS) is 17.7. The van der Waals surface area contributed by atoms with Crippen molar-refractivity contribution in [2.24, 2.45) is 5.10 Å². The zero-order chi connectivity index (χ0) is 19.5. The molecule has 0 radical (unpaired) electrons. The van der Waals surface area contributed by atoms with Crippen LogP contribution in [0.1, 0.15) is 27.8 Å². The van der Waals surface area contributed by atoms with Gasteiger partial charge in [-0.1, -0.05) is 115 Å². The van der Waals surface area contributed by atoms with Gasteiger partial charge in [0.15, 0.2) is 0 Å². The van der Waals surface area contributed by atoms with Gasteiger partial charge in [-0.25, -0.2) is 0 Å². The molecule has 1 heterocycles. The molecule has 0 spiro atoms. The van der Waals surface area contributed by atoms with Crippen LogP contribution in [0.3, 0.4) is 0 Å². The Morgan fingerprint density at radius 2 is 1.21 bits per heavy atom. The van der Waals surface area contributed by atoms with Crippen molar-refractivity contribution in [1.29, 1.82) is 0 Å². The Labute approximate surface area is 171 Å². The molecule has 0 bridgehead atoms. The molecule has 2 heteroatoms. The summed E-state index contributed by atoms with van der Waals surface area (Å²) in [7, 11) is 0. The molecule has 0 saturated carbocycles. The number of hydrogen-bond donors (Lipinski definition) is 1. The van der Waals surface area contributed by atoms with Crippen LogP contribution in [0.4, 0.5) is 0 Å². The molecule has 0 amide bonds. The molecule has 1 aliphatic rings. The minimum atomic E-state index is -0.419. The number of hydrogen-bond acceptors (Lipinski definition) is 2. The van der Waals surface area contributed by atoms with Gasteiger partial charge in [-0.15, -0.1) is 0 Å². The van der Waals surface area contributed by atoms with Gasteiger partial charge in [-0.2, -0.15) is 5.10 Å². The van der Waals surface area contributed by atoms with E-state index >= 15 is 0 Å². The molecule has 4 aromatic carbocycles. The Morgan fingerprint density at radius 1 is 0.621 bits per heavy atom. The summed E-state index contributed by atoms with van der Waals surface area (Å²) >= 11 is 0. The molecular weight excluding hydrogens is 352 g/mol. The third-order valence-corrected chi connectivity index (χ3v) is 5.63. The summed E-state index contributed by atoms with van der Waals surface area (Å²) in [6, 6.07) is 40.3. The van der Waals surface area contributed by atoms with E-state index in [2.05, 4.69) is 115 Å². The third-order valence-electron chi connectivity index (χ3n) is 5.63. The minimum absolute atomic E-state index is 0.419. The molecule has 0 saturated heterocycles. The summed E-state index contributed by atoms with van der Waals surface area (Å²) in [6.45, 7) is 0. The molecule has 4 aromatic rings. The lowest BCUT2D eigenvalue weighted by atomic mass is 9.74.